The SMILES string of the molecule is COC(=O)C(=N)c1cc(C(F)(F)F)cnc1NPI. The third-order valence-corrected chi connectivity index (χ3v) is 3.18. The highest BCUT2D eigenvalue weighted by atomic mass is 127. The molecule has 1 unspecified atom stereocenters. The molecular formula is C9H8F3IN3O2P. The van der Waals surface area contributed by atoms with Gasteiger partial charge in [0.05, 0.1) is 18.2 Å². The zero-order valence-corrected chi connectivity index (χ0v) is 12.6. The molecule has 2 N–H and O–H groups in total. The van der Waals surface area contributed by atoms with Crippen LogP contribution < -0.4 is 5.09 Å². The van der Waals surface area contributed by atoms with E-state index in [9.17, 15) is 18.0 Å². The van der Waals surface area contributed by atoms with Crippen molar-refractivity contribution >= 4 is 45.9 Å². The Hall–Kier alpha value is -0.960. The van der Waals surface area contributed by atoms with Crippen molar-refractivity contribution in [3.05, 3.63) is 23.4 Å². The summed E-state index contributed by atoms with van der Waals surface area (Å²) in [4.78, 5) is 14.8. The van der Waals surface area contributed by atoms with Crippen molar-refractivity contribution in [1.29, 1.82) is 5.41 Å². The predicted molar refractivity (Wildman–Crippen MR) is 74.0 cm³/mol. The number of ether oxygens (including phenoxy) is 1. The van der Waals surface area contributed by atoms with Crippen LogP contribution in [-0.4, -0.2) is 23.8 Å². The normalized spacial score (nSPS) is 11.6. The Morgan fingerprint density at radius 2 is 2.21 bits per heavy atom. The molecule has 19 heavy (non-hydrogen) atoms. The Kier molecular flexibility index (Phi) is 5.48. The number of rotatable bonds is 4. The Balaban J connectivity index is 3.31. The van der Waals surface area contributed by atoms with Crippen molar-refractivity contribution < 1.29 is 22.7 Å². The standard InChI is InChI=1S/C9H8F3IN3O2P/c1-18-8(17)6(14)5-2-4(9(10,11)12)3-15-7(5)16-19-13/h2-3,14,19H,1H3,(H,15,16). The molecule has 1 aromatic rings. The maximum absolute atomic E-state index is 12.6. The van der Waals surface area contributed by atoms with E-state index >= 15 is 0 Å². The summed E-state index contributed by atoms with van der Waals surface area (Å²) in [6.45, 7) is 0. The van der Waals surface area contributed by atoms with E-state index in [1.807, 2.05) is 22.0 Å². The highest BCUT2D eigenvalue weighted by Crippen LogP contribution is 2.32. The van der Waals surface area contributed by atoms with Gasteiger partial charge in [-0.2, -0.15) is 13.2 Å². The van der Waals surface area contributed by atoms with Gasteiger partial charge in [0.25, 0.3) is 0 Å². The molecule has 1 atom stereocenters. The van der Waals surface area contributed by atoms with E-state index in [2.05, 4.69) is 14.8 Å². The largest absolute Gasteiger partial charge is 0.464 e. The molecule has 5 nitrogen and oxygen atoms in total. The summed E-state index contributed by atoms with van der Waals surface area (Å²) in [5, 5.41) is 10.2. The minimum absolute atomic E-state index is 0.0381. The topological polar surface area (TPSA) is 75.1 Å². The molecule has 1 heterocycles. The quantitative estimate of drug-likeness (QED) is 0.350. The first-order valence-corrected chi connectivity index (χ1v) is 8.78. The van der Waals surface area contributed by atoms with E-state index in [4.69, 9.17) is 5.41 Å². The first-order valence-electron chi connectivity index (χ1n) is 4.67. The lowest BCUT2D eigenvalue weighted by atomic mass is 10.1. The number of nitrogens with one attached hydrogen (secondary N) is 2. The van der Waals surface area contributed by atoms with Gasteiger partial charge in [-0.15, -0.1) is 0 Å². The van der Waals surface area contributed by atoms with Gasteiger partial charge in [-0.25, -0.2) is 9.78 Å². The molecule has 0 saturated carbocycles. The average molecular weight is 405 g/mol. The minimum Gasteiger partial charge on any atom is -0.464 e. The summed E-state index contributed by atoms with van der Waals surface area (Å²) in [6, 6.07) is 0.700. The lowest BCUT2D eigenvalue weighted by molar-refractivity contribution is -0.138. The highest BCUT2D eigenvalue weighted by molar-refractivity contribution is 14.2. The molecule has 0 aliphatic carbocycles. The molecule has 0 bridgehead atoms. The maximum Gasteiger partial charge on any atom is 0.417 e. The number of anilines is 1. The number of alkyl halides is 3. The zero-order valence-electron chi connectivity index (χ0n) is 9.43. The number of hydrogen-bond donors (Lipinski definition) is 2. The number of nitrogens with zero attached hydrogens (tertiary/aromatic N) is 1. The Morgan fingerprint density at radius 3 is 2.68 bits per heavy atom. The van der Waals surface area contributed by atoms with Gasteiger partial charge in [0.1, 0.15) is 5.82 Å². The van der Waals surface area contributed by atoms with Gasteiger partial charge < -0.3 is 9.82 Å². The van der Waals surface area contributed by atoms with Crippen LogP contribution in [-0.2, 0) is 15.7 Å². The van der Waals surface area contributed by atoms with Crippen LogP contribution in [0, 0.1) is 5.41 Å². The molecule has 0 aliphatic heterocycles. The van der Waals surface area contributed by atoms with E-state index in [1.54, 1.807) is 0 Å². The second kappa shape index (κ2) is 6.47. The first kappa shape index (κ1) is 16.1. The molecule has 0 fully saturated rings. The van der Waals surface area contributed by atoms with E-state index in [1.165, 1.54) is 0 Å². The molecule has 10 heteroatoms. The van der Waals surface area contributed by atoms with Crippen LogP contribution in [0.1, 0.15) is 11.1 Å². The van der Waals surface area contributed by atoms with Crippen molar-refractivity contribution in [2.45, 2.75) is 6.18 Å². The monoisotopic (exact) mass is 405 g/mol. The second-order valence-corrected chi connectivity index (χ2v) is 5.26. The fourth-order valence-corrected chi connectivity index (χ4v) is 2.22. The molecule has 0 saturated heterocycles. The number of pyridine rings is 1. The molecular weight excluding hydrogens is 397 g/mol. The number of carbonyl (C=O) groups is 1. The third kappa shape index (κ3) is 4.00. The summed E-state index contributed by atoms with van der Waals surface area (Å²) >= 11 is 1.95. The van der Waals surface area contributed by atoms with Crippen molar-refractivity contribution in [2.24, 2.45) is 0 Å². The maximum atomic E-state index is 12.6. The molecule has 0 aliphatic rings. The molecule has 0 aromatic carbocycles. The summed E-state index contributed by atoms with van der Waals surface area (Å²) in [5.74, 6) is -0.989. The Bertz CT molecular complexity index is 510. The lowest BCUT2D eigenvalue weighted by Gasteiger charge is -2.12. The van der Waals surface area contributed by atoms with E-state index in [0.29, 0.717) is 12.3 Å². The lowest BCUT2D eigenvalue weighted by Crippen LogP contribution is -2.19. The average Bonchev–Trinajstić information content (AvgIpc) is 2.36. The Labute approximate surface area is 121 Å². The summed E-state index contributed by atoms with van der Waals surface area (Å²) in [7, 11) is 1.05. The van der Waals surface area contributed by atoms with E-state index in [0.717, 1.165) is 7.11 Å². The van der Waals surface area contributed by atoms with Gasteiger partial charge in [-0.3, -0.25) is 5.41 Å². The van der Waals surface area contributed by atoms with Crippen LogP contribution in [0.3, 0.4) is 0 Å². The van der Waals surface area contributed by atoms with E-state index in [-0.39, 0.29) is 17.8 Å². The van der Waals surface area contributed by atoms with Gasteiger partial charge >= 0.3 is 12.1 Å². The van der Waals surface area contributed by atoms with Crippen molar-refractivity contribution in [2.75, 3.05) is 12.2 Å². The fraction of sp³-hybridized carbons (Fsp3) is 0.222. The van der Waals surface area contributed by atoms with Gasteiger partial charge in [0.15, 0.2) is 5.71 Å². The molecule has 0 spiro atoms. The highest BCUT2D eigenvalue weighted by Gasteiger charge is 2.32. The fourth-order valence-electron chi connectivity index (χ4n) is 1.17. The van der Waals surface area contributed by atoms with Crippen LogP contribution in [0.15, 0.2) is 12.3 Å². The molecule has 0 amide bonds. The predicted octanol–water partition coefficient (Wildman–Crippen LogP) is 3.00. The summed E-state index contributed by atoms with van der Waals surface area (Å²) in [5.41, 5.74) is -1.96. The molecule has 1 rings (SSSR count). The number of carbonyl (C=O) groups excluding carboxylic acids is 1. The van der Waals surface area contributed by atoms with Crippen LogP contribution in [0.4, 0.5) is 19.0 Å². The molecule has 104 valence electrons. The number of halogens is 4. The van der Waals surface area contributed by atoms with Gasteiger partial charge in [0, 0.05) is 12.6 Å². The van der Waals surface area contributed by atoms with Crippen LogP contribution in [0.5, 0.6) is 0 Å². The molecule has 0 radical (unpaired) electrons. The number of methoxy groups -OCH3 is 1. The smallest absolute Gasteiger partial charge is 0.417 e. The number of esters is 1. The van der Waals surface area contributed by atoms with Gasteiger partial charge in [-0.05, 0) is 28.1 Å². The van der Waals surface area contributed by atoms with Crippen LogP contribution in [0.2, 0.25) is 0 Å². The number of aromatic nitrogens is 1. The summed E-state index contributed by atoms with van der Waals surface area (Å²) in [6.07, 6.45) is -3.82. The zero-order chi connectivity index (χ0) is 14.6. The minimum atomic E-state index is -4.59. The Morgan fingerprint density at radius 1 is 1.58 bits per heavy atom. The van der Waals surface area contributed by atoms with E-state index < -0.39 is 23.4 Å². The number of hydrogen-bond acceptors (Lipinski definition) is 5. The van der Waals surface area contributed by atoms with Crippen molar-refractivity contribution in [3.8, 4) is 0 Å². The van der Waals surface area contributed by atoms with Crippen LogP contribution in [0.25, 0.3) is 0 Å². The summed E-state index contributed by atoms with van der Waals surface area (Å²) < 4.78 is 42.1. The van der Waals surface area contributed by atoms with Crippen molar-refractivity contribution in [1.82, 2.24) is 4.98 Å². The van der Waals surface area contributed by atoms with Gasteiger partial charge in [0.2, 0.25) is 0 Å². The first-order chi connectivity index (χ1) is 8.81. The molecule has 1 aromatic heterocycles. The second-order valence-electron chi connectivity index (χ2n) is 3.20. The van der Waals surface area contributed by atoms with Gasteiger partial charge in [-0.1, -0.05) is 0 Å². The third-order valence-electron chi connectivity index (χ3n) is 2.04. The van der Waals surface area contributed by atoms with Crippen molar-refractivity contribution in [3.63, 3.8) is 0 Å². The van der Waals surface area contributed by atoms with Crippen LogP contribution >= 0.6 is 28.4 Å².